The number of carbonyl (C=O) groups is 12. The molecule has 0 saturated heterocycles. The molecule has 1 aromatic rings. The van der Waals surface area contributed by atoms with Crippen LogP contribution in [-0.4, -0.2) is 214 Å². The lowest BCUT2D eigenvalue weighted by atomic mass is 10.0. The van der Waals surface area contributed by atoms with Crippen molar-refractivity contribution in [2.45, 2.75) is 160 Å². The van der Waals surface area contributed by atoms with Crippen LogP contribution in [0.4, 0.5) is 0 Å². The Labute approximate surface area is 509 Å². The van der Waals surface area contributed by atoms with Gasteiger partial charge in [0.15, 0.2) is 5.96 Å². The predicted octanol–water partition coefficient (Wildman–Crippen LogP) is -6.16. The van der Waals surface area contributed by atoms with Gasteiger partial charge >= 0.3 is 5.97 Å². The van der Waals surface area contributed by atoms with Gasteiger partial charge in [-0.1, -0.05) is 58.0 Å². The fraction of sp³-hybridized carbons (Fsp3) is 0.642. The predicted molar refractivity (Wildman–Crippen MR) is 321 cm³/mol. The van der Waals surface area contributed by atoms with Crippen molar-refractivity contribution in [2.75, 3.05) is 44.1 Å². The number of thioether (sulfide) groups is 1. The van der Waals surface area contributed by atoms with E-state index in [-0.39, 0.29) is 62.2 Å². The first-order valence-electron chi connectivity index (χ1n) is 27.8. The van der Waals surface area contributed by atoms with Crippen LogP contribution in [0.3, 0.4) is 0 Å². The van der Waals surface area contributed by atoms with Crippen molar-refractivity contribution in [3.05, 3.63) is 35.9 Å². The topological polar surface area (TPSA) is 509 Å². The second kappa shape index (κ2) is 40.1. The second-order valence-corrected chi connectivity index (χ2v) is 22.4. The average Bonchev–Trinajstić information content (AvgIpc) is 3.44. The second-order valence-electron chi connectivity index (χ2n) is 21.1. The summed E-state index contributed by atoms with van der Waals surface area (Å²) in [5, 5.41) is 66.6. The zero-order valence-corrected chi connectivity index (χ0v) is 51.4. The van der Waals surface area contributed by atoms with E-state index in [2.05, 4.69) is 76.1 Å². The van der Waals surface area contributed by atoms with Gasteiger partial charge in [-0.3, -0.25) is 57.7 Å². The lowest BCUT2D eigenvalue weighted by molar-refractivity contribution is -0.143. The van der Waals surface area contributed by atoms with Crippen LogP contribution in [0.1, 0.15) is 86.1 Å². The zero-order valence-electron chi connectivity index (χ0n) is 49.7. The summed E-state index contributed by atoms with van der Waals surface area (Å²) >= 11 is 5.49. The molecular formula is C53H89N15O16S2. The van der Waals surface area contributed by atoms with Gasteiger partial charge in [-0.2, -0.15) is 24.4 Å². The van der Waals surface area contributed by atoms with Gasteiger partial charge < -0.3 is 96.1 Å². The molecule has 31 nitrogen and oxygen atoms in total. The zero-order chi connectivity index (χ0) is 65.4. The molecule has 0 heterocycles. The van der Waals surface area contributed by atoms with Crippen molar-refractivity contribution in [1.29, 1.82) is 0 Å². The van der Waals surface area contributed by atoms with Crippen LogP contribution in [0.2, 0.25) is 0 Å². The molecule has 0 aliphatic heterocycles. The smallest absolute Gasteiger partial charge is 0.326 e. The molecule has 12 atom stereocenters. The molecule has 0 aliphatic rings. The summed E-state index contributed by atoms with van der Waals surface area (Å²) in [6.07, 6.45) is 0.222. The van der Waals surface area contributed by atoms with Crippen molar-refractivity contribution in [1.82, 2.24) is 58.5 Å². The minimum atomic E-state index is -1.80. The minimum Gasteiger partial charge on any atom is -0.480 e. The molecule has 1 rings (SSSR count). The van der Waals surface area contributed by atoms with Gasteiger partial charge in [-0.05, 0) is 82.3 Å². The van der Waals surface area contributed by atoms with Crippen LogP contribution in [0.15, 0.2) is 35.3 Å². The van der Waals surface area contributed by atoms with Crippen LogP contribution in [0, 0.1) is 11.8 Å². The highest BCUT2D eigenvalue weighted by Gasteiger charge is 2.36. The lowest BCUT2D eigenvalue weighted by Crippen LogP contribution is -2.62. The number of guanidine groups is 1. The van der Waals surface area contributed by atoms with E-state index in [1.54, 1.807) is 50.4 Å². The Morgan fingerprint density at radius 1 is 0.558 bits per heavy atom. The van der Waals surface area contributed by atoms with Crippen molar-refractivity contribution in [3.63, 3.8) is 0 Å². The van der Waals surface area contributed by atoms with Gasteiger partial charge in [0.05, 0.1) is 31.9 Å². The quantitative estimate of drug-likeness (QED) is 0.0126. The van der Waals surface area contributed by atoms with Gasteiger partial charge in [0.2, 0.25) is 65.0 Å². The molecule has 21 N–H and O–H groups in total. The number of hydrogen-bond acceptors (Lipinski definition) is 19. The Morgan fingerprint density at radius 3 is 1.58 bits per heavy atom. The first-order chi connectivity index (χ1) is 40.4. The van der Waals surface area contributed by atoms with E-state index in [0.29, 0.717) is 17.7 Å². The number of rotatable bonds is 40. The number of carbonyl (C=O) groups excluding carboxylic acids is 11. The van der Waals surface area contributed by atoms with Crippen LogP contribution in [-0.2, 0) is 64.0 Å². The number of carboxylic acid groups (broad SMARTS) is 1. The summed E-state index contributed by atoms with van der Waals surface area (Å²) in [6, 6.07) is -7.46. The Kier molecular flexibility index (Phi) is 35.8. The molecule has 1 aromatic carbocycles. The third kappa shape index (κ3) is 29.2. The number of nitrogens with two attached hydrogens (primary N) is 3. The number of carboxylic acids is 1. The Balaban J connectivity index is 3.30. The maximum absolute atomic E-state index is 14.3. The van der Waals surface area contributed by atoms with E-state index in [9.17, 15) is 78.0 Å². The Morgan fingerprint density at radius 2 is 1.03 bits per heavy atom. The van der Waals surface area contributed by atoms with Gasteiger partial charge in [0.1, 0.15) is 60.4 Å². The monoisotopic (exact) mass is 1260 g/mol. The molecule has 0 bridgehead atoms. The normalized spacial score (nSPS) is 15.3. The number of nitrogens with zero attached hydrogens (tertiary/aromatic N) is 1. The van der Waals surface area contributed by atoms with Crippen molar-refractivity contribution in [3.8, 4) is 0 Å². The molecule has 0 aromatic heterocycles. The molecule has 86 heavy (non-hydrogen) atoms. The number of aliphatic imine (C=N–C) groups is 1. The number of aliphatic hydroxyl groups excluding tert-OH is 3. The van der Waals surface area contributed by atoms with Crippen LogP contribution in [0.25, 0.3) is 0 Å². The Hall–Kier alpha value is -7.33. The molecule has 0 aliphatic carbocycles. The fourth-order valence-electron chi connectivity index (χ4n) is 7.86. The van der Waals surface area contributed by atoms with E-state index in [4.69, 9.17) is 17.2 Å². The first kappa shape index (κ1) is 76.7. The van der Waals surface area contributed by atoms with E-state index >= 15 is 0 Å². The van der Waals surface area contributed by atoms with Crippen LogP contribution < -0.4 is 75.7 Å². The molecule has 0 unspecified atom stereocenters. The average molecular weight is 1260 g/mol. The van der Waals surface area contributed by atoms with E-state index < -0.39 is 163 Å². The number of nitrogens with one attached hydrogen (secondary N) is 11. The standard InChI is InChI=1S/C53H89N15O16S2/c1-26(2)19-32(54)44(75)59-28(5)42(73)58-22-40(72)61-37(23-69)48(79)67-39(25-85)50(81)64-35(20-27(3)4)46(77)60-29(6)43(74)62-33(15-12-17-57-53(55)56)45(76)65-36(21-31-13-10-9-11-14-31)47(78)66-38(24-70)49(80)68-41(30(7)71)51(82)63-34(52(83)84)16-18-86-8/h9-11,13-14,26-30,32-39,41,69-71,85H,12,15-25,54H2,1-8H3,(H,58,73)(H,59,75)(H,60,77)(H,61,72)(H,62,74)(H,63,82)(H,64,81)(H,65,76)(H,66,78)(H,67,79)(H,68,80)(H,83,84)(H4,55,56,57)/t28-,29-,30+,32-,33-,34-,35-,36-,37-,38-,39-,41-/m0/s1. The molecule has 0 radical (unpaired) electrons. The van der Waals surface area contributed by atoms with Crippen molar-refractivity contribution >= 4 is 101 Å². The van der Waals surface area contributed by atoms with Crippen molar-refractivity contribution in [2.24, 2.45) is 34.0 Å². The number of aliphatic carboxylic acids is 1. The third-order valence-corrected chi connectivity index (χ3v) is 13.6. The number of benzene rings is 1. The summed E-state index contributed by atoms with van der Waals surface area (Å²) in [5.74, 6) is -12.0. The third-order valence-electron chi connectivity index (χ3n) is 12.6. The molecule has 0 saturated carbocycles. The van der Waals surface area contributed by atoms with Crippen LogP contribution in [0.5, 0.6) is 0 Å². The number of hydrogen-bond donors (Lipinski definition) is 19. The maximum atomic E-state index is 14.3. The minimum absolute atomic E-state index is 0.00506. The molecular weight excluding hydrogens is 1170 g/mol. The van der Waals surface area contributed by atoms with Crippen LogP contribution >= 0.6 is 24.4 Å². The summed E-state index contributed by atoms with van der Waals surface area (Å²) in [4.78, 5) is 163. The lowest BCUT2D eigenvalue weighted by Gasteiger charge is -2.28. The molecule has 11 amide bonds. The first-order valence-corrected chi connectivity index (χ1v) is 29.8. The number of aliphatic hydroxyl groups is 3. The SMILES string of the molecule is CSCC[C@H](NC(=O)[C@@H](NC(=O)[C@H](CO)NC(=O)[C@H](Cc1ccccc1)NC(=O)[C@H](CCCN=C(N)N)NC(=O)[C@H](C)NC(=O)[C@H](CC(C)C)NC(=O)[C@H](CS)NC(=O)[C@H](CO)NC(=O)CNC(=O)[C@H](C)NC(=O)[C@@H](N)CC(C)C)[C@@H](C)O)C(=O)O. The summed E-state index contributed by atoms with van der Waals surface area (Å²) < 4.78 is 0. The molecule has 484 valence electrons. The highest BCUT2D eigenvalue weighted by Crippen LogP contribution is 2.11. The van der Waals surface area contributed by atoms with Gasteiger partial charge in [-0.25, -0.2) is 4.79 Å². The van der Waals surface area contributed by atoms with Gasteiger partial charge in [-0.15, -0.1) is 0 Å². The molecule has 0 fully saturated rings. The molecule has 0 spiro atoms. The number of amides is 11. The fourth-order valence-corrected chi connectivity index (χ4v) is 8.59. The maximum Gasteiger partial charge on any atom is 0.326 e. The molecule has 33 heteroatoms. The van der Waals surface area contributed by atoms with E-state index in [1.807, 2.05) is 13.8 Å². The van der Waals surface area contributed by atoms with E-state index in [0.717, 1.165) is 6.92 Å². The highest BCUT2D eigenvalue weighted by molar-refractivity contribution is 7.98. The highest BCUT2D eigenvalue weighted by atomic mass is 32.2. The summed E-state index contributed by atoms with van der Waals surface area (Å²) in [5.41, 5.74) is 17.4. The summed E-state index contributed by atoms with van der Waals surface area (Å²) in [6.45, 7) is 8.31. The van der Waals surface area contributed by atoms with E-state index in [1.165, 1.54) is 25.6 Å². The largest absolute Gasteiger partial charge is 0.480 e. The van der Waals surface area contributed by atoms with Gasteiger partial charge in [0.25, 0.3) is 0 Å². The number of thiol groups is 1. The van der Waals surface area contributed by atoms with Gasteiger partial charge in [0, 0.05) is 18.7 Å². The summed E-state index contributed by atoms with van der Waals surface area (Å²) in [7, 11) is 0. The Bertz CT molecular complexity index is 2460. The van der Waals surface area contributed by atoms with Crippen molar-refractivity contribution < 1.29 is 78.0 Å².